The predicted molar refractivity (Wildman–Crippen MR) is 72.5 cm³/mol. The molecule has 0 spiro atoms. The fourth-order valence-electron chi connectivity index (χ4n) is 2.05. The molecule has 0 bridgehead atoms. The number of aromatic nitrogens is 2. The maximum Gasteiger partial charge on any atom is 0.244 e. The number of amides is 1. The van der Waals surface area contributed by atoms with Crippen molar-refractivity contribution in [1.29, 1.82) is 0 Å². The molecule has 96 valence electrons. The second-order valence-corrected chi connectivity index (χ2v) is 4.51. The van der Waals surface area contributed by atoms with Gasteiger partial charge in [-0.15, -0.1) is 0 Å². The summed E-state index contributed by atoms with van der Waals surface area (Å²) in [7, 11) is 0. The Morgan fingerprint density at radius 1 is 1.44 bits per heavy atom. The van der Waals surface area contributed by atoms with E-state index in [2.05, 4.69) is 10.4 Å². The first-order chi connectivity index (χ1) is 8.65. The van der Waals surface area contributed by atoms with E-state index in [0.29, 0.717) is 6.54 Å². The number of rotatable bonds is 4. The van der Waals surface area contributed by atoms with E-state index in [0.717, 1.165) is 23.0 Å². The Balaban J connectivity index is 2.33. The average Bonchev–Trinajstić information content (AvgIpc) is 2.73. The van der Waals surface area contributed by atoms with Crippen LogP contribution in [0.1, 0.15) is 32.0 Å². The molecule has 1 unspecified atom stereocenters. The normalized spacial score (nSPS) is 12.6. The zero-order valence-electron chi connectivity index (χ0n) is 11.1. The molecule has 1 heterocycles. The molecular formula is C14H19N3O. The lowest BCUT2D eigenvalue weighted by Gasteiger charge is -2.13. The molecule has 2 aromatic rings. The highest BCUT2D eigenvalue weighted by atomic mass is 16.2. The quantitative estimate of drug-likeness (QED) is 0.899. The van der Waals surface area contributed by atoms with Gasteiger partial charge in [-0.1, -0.05) is 25.1 Å². The van der Waals surface area contributed by atoms with E-state index in [-0.39, 0.29) is 11.9 Å². The van der Waals surface area contributed by atoms with E-state index in [1.54, 1.807) is 4.68 Å². The Kier molecular flexibility index (Phi) is 3.65. The van der Waals surface area contributed by atoms with Crippen molar-refractivity contribution in [2.75, 3.05) is 6.54 Å². The molecule has 0 saturated heterocycles. The topological polar surface area (TPSA) is 46.9 Å². The van der Waals surface area contributed by atoms with Crippen molar-refractivity contribution in [2.24, 2.45) is 0 Å². The number of hydrogen-bond donors (Lipinski definition) is 1. The van der Waals surface area contributed by atoms with Crippen LogP contribution in [0.15, 0.2) is 24.3 Å². The first-order valence-electron chi connectivity index (χ1n) is 6.36. The lowest BCUT2D eigenvalue weighted by molar-refractivity contribution is -0.124. The van der Waals surface area contributed by atoms with Gasteiger partial charge < -0.3 is 5.32 Å². The molecule has 0 aliphatic rings. The van der Waals surface area contributed by atoms with Crippen LogP contribution in [-0.2, 0) is 4.79 Å². The van der Waals surface area contributed by atoms with E-state index in [4.69, 9.17) is 0 Å². The standard InChI is InChI=1S/C14H19N3O/c1-4-9-15-14(18)11(3)17-13-8-6-5-7-12(13)10(2)16-17/h5-8,11H,4,9H2,1-3H3,(H,15,18). The molecule has 0 radical (unpaired) electrons. The van der Waals surface area contributed by atoms with Crippen molar-refractivity contribution in [1.82, 2.24) is 15.1 Å². The lowest BCUT2D eigenvalue weighted by atomic mass is 10.2. The van der Waals surface area contributed by atoms with Crippen LogP contribution < -0.4 is 5.32 Å². The summed E-state index contributed by atoms with van der Waals surface area (Å²) in [5.41, 5.74) is 1.97. The van der Waals surface area contributed by atoms with Crippen LogP contribution in [0.3, 0.4) is 0 Å². The Bertz CT molecular complexity index is 559. The van der Waals surface area contributed by atoms with Gasteiger partial charge in [0.25, 0.3) is 0 Å². The number of fused-ring (bicyclic) bond motifs is 1. The highest BCUT2D eigenvalue weighted by Crippen LogP contribution is 2.21. The van der Waals surface area contributed by atoms with Gasteiger partial charge in [0, 0.05) is 11.9 Å². The molecule has 1 amide bonds. The fourth-order valence-corrected chi connectivity index (χ4v) is 2.05. The van der Waals surface area contributed by atoms with E-state index in [1.165, 1.54) is 0 Å². The summed E-state index contributed by atoms with van der Waals surface area (Å²) in [6.45, 7) is 6.60. The minimum absolute atomic E-state index is 0.0186. The number of nitrogens with zero attached hydrogens (tertiary/aromatic N) is 2. The van der Waals surface area contributed by atoms with Gasteiger partial charge in [-0.05, 0) is 26.3 Å². The summed E-state index contributed by atoms with van der Waals surface area (Å²) in [6.07, 6.45) is 0.942. The number of carbonyl (C=O) groups excluding carboxylic acids is 1. The smallest absolute Gasteiger partial charge is 0.244 e. The number of nitrogens with one attached hydrogen (secondary N) is 1. The van der Waals surface area contributed by atoms with Crippen molar-refractivity contribution in [3.63, 3.8) is 0 Å². The van der Waals surface area contributed by atoms with Gasteiger partial charge in [-0.3, -0.25) is 9.48 Å². The minimum Gasteiger partial charge on any atom is -0.354 e. The first kappa shape index (κ1) is 12.6. The molecular weight excluding hydrogens is 226 g/mol. The molecule has 0 saturated carbocycles. The van der Waals surface area contributed by atoms with Crippen LogP contribution in [0.4, 0.5) is 0 Å². The summed E-state index contributed by atoms with van der Waals surface area (Å²) in [4.78, 5) is 12.0. The van der Waals surface area contributed by atoms with Gasteiger partial charge in [-0.2, -0.15) is 5.10 Å². The van der Waals surface area contributed by atoms with E-state index >= 15 is 0 Å². The van der Waals surface area contributed by atoms with Crippen LogP contribution in [0, 0.1) is 6.92 Å². The molecule has 1 aromatic heterocycles. The van der Waals surface area contributed by atoms with Gasteiger partial charge in [0.15, 0.2) is 0 Å². The summed E-state index contributed by atoms with van der Waals surface area (Å²) in [5, 5.41) is 8.48. The van der Waals surface area contributed by atoms with Gasteiger partial charge in [0.05, 0.1) is 11.2 Å². The molecule has 0 aliphatic carbocycles. The maximum atomic E-state index is 12.0. The maximum absolute atomic E-state index is 12.0. The molecule has 1 atom stereocenters. The summed E-state index contributed by atoms with van der Waals surface area (Å²) in [6, 6.07) is 7.71. The van der Waals surface area contributed by atoms with E-state index in [1.807, 2.05) is 45.0 Å². The number of para-hydroxylation sites is 1. The van der Waals surface area contributed by atoms with Crippen LogP contribution in [-0.4, -0.2) is 22.2 Å². The van der Waals surface area contributed by atoms with E-state index in [9.17, 15) is 4.79 Å². The third-order valence-electron chi connectivity index (χ3n) is 3.09. The van der Waals surface area contributed by atoms with Crippen LogP contribution >= 0.6 is 0 Å². The Morgan fingerprint density at radius 2 is 2.17 bits per heavy atom. The summed E-state index contributed by atoms with van der Waals surface area (Å²) < 4.78 is 1.80. The van der Waals surface area contributed by atoms with Crippen molar-refractivity contribution < 1.29 is 4.79 Å². The zero-order valence-corrected chi connectivity index (χ0v) is 11.1. The zero-order chi connectivity index (χ0) is 13.1. The Morgan fingerprint density at radius 3 is 2.89 bits per heavy atom. The monoisotopic (exact) mass is 245 g/mol. The van der Waals surface area contributed by atoms with Crippen LogP contribution in [0.25, 0.3) is 10.9 Å². The number of hydrogen-bond acceptors (Lipinski definition) is 2. The minimum atomic E-state index is -0.282. The largest absolute Gasteiger partial charge is 0.354 e. The summed E-state index contributed by atoms with van der Waals surface area (Å²) in [5.74, 6) is 0.0186. The number of benzene rings is 1. The van der Waals surface area contributed by atoms with E-state index < -0.39 is 0 Å². The Hall–Kier alpha value is -1.84. The van der Waals surface area contributed by atoms with Crippen molar-refractivity contribution >= 4 is 16.8 Å². The van der Waals surface area contributed by atoms with Crippen molar-refractivity contribution in [2.45, 2.75) is 33.2 Å². The molecule has 2 rings (SSSR count). The molecule has 4 nitrogen and oxygen atoms in total. The number of aryl methyl sites for hydroxylation is 1. The fraction of sp³-hybridized carbons (Fsp3) is 0.429. The highest BCUT2D eigenvalue weighted by molar-refractivity contribution is 5.86. The average molecular weight is 245 g/mol. The Labute approximate surface area is 107 Å². The van der Waals surface area contributed by atoms with Gasteiger partial charge >= 0.3 is 0 Å². The second-order valence-electron chi connectivity index (χ2n) is 4.51. The number of carbonyl (C=O) groups is 1. The predicted octanol–water partition coefficient (Wildman–Crippen LogP) is 2.43. The van der Waals surface area contributed by atoms with Crippen molar-refractivity contribution in [3.05, 3.63) is 30.0 Å². The lowest BCUT2D eigenvalue weighted by Crippen LogP contribution is -2.31. The second kappa shape index (κ2) is 5.21. The van der Waals surface area contributed by atoms with Crippen LogP contribution in [0.5, 0.6) is 0 Å². The SMILES string of the molecule is CCCNC(=O)C(C)n1nc(C)c2ccccc21. The molecule has 1 N–H and O–H groups in total. The highest BCUT2D eigenvalue weighted by Gasteiger charge is 2.18. The molecule has 0 fully saturated rings. The molecule has 0 aliphatic heterocycles. The third-order valence-corrected chi connectivity index (χ3v) is 3.09. The van der Waals surface area contributed by atoms with Crippen LogP contribution in [0.2, 0.25) is 0 Å². The first-order valence-corrected chi connectivity index (χ1v) is 6.36. The third kappa shape index (κ3) is 2.23. The van der Waals surface area contributed by atoms with Gasteiger partial charge in [0.1, 0.15) is 6.04 Å². The molecule has 1 aromatic carbocycles. The van der Waals surface area contributed by atoms with Gasteiger partial charge in [0.2, 0.25) is 5.91 Å². The molecule has 4 heteroatoms. The molecule has 18 heavy (non-hydrogen) atoms. The van der Waals surface area contributed by atoms with Gasteiger partial charge in [-0.25, -0.2) is 0 Å². The van der Waals surface area contributed by atoms with Crippen molar-refractivity contribution in [3.8, 4) is 0 Å². The summed E-state index contributed by atoms with van der Waals surface area (Å²) >= 11 is 0.